The molecule has 0 bridgehead atoms. The summed E-state index contributed by atoms with van der Waals surface area (Å²) in [6.07, 6.45) is 0. The maximum Gasteiger partial charge on any atom is 0.264 e. The second-order valence-electron chi connectivity index (χ2n) is 4.49. The third kappa shape index (κ3) is 2.26. The minimum absolute atomic E-state index is 0.0820. The van der Waals surface area contributed by atoms with Gasteiger partial charge in [-0.15, -0.1) is 24.0 Å². The maximum atomic E-state index is 12.3. The van der Waals surface area contributed by atoms with E-state index in [-0.39, 0.29) is 11.4 Å². The Labute approximate surface area is 105 Å². The Morgan fingerprint density at radius 1 is 1.62 bits per heavy atom. The number of nitrogens with zero attached hydrogens (tertiary/aromatic N) is 1. The van der Waals surface area contributed by atoms with Crippen molar-refractivity contribution in [3.8, 4) is 0 Å². The van der Waals surface area contributed by atoms with E-state index in [2.05, 4.69) is 12.6 Å². The smallest absolute Gasteiger partial charge is 0.264 e. The third-order valence-electron chi connectivity index (χ3n) is 2.69. The van der Waals surface area contributed by atoms with Gasteiger partial charge in [-0.05, 0) is 19.9 Å². The van der Waals surface area contributed by atoms with Crippen molar-refractivity contribution in [1.29, 1.82) is 0 Å². The average molecular weight is 257 g/mol. The summed E-state index contributed by atoms with van der Waals surface area (Å²) >= 11 is 5.67. The quantitative estimate of drug-likeness (QED) is 0.782. The molecule has 3 nitrogen and oxygen atoms in total. The molecule has 1 saturated heterocycles. The first-order valence-corrected chi connectivity index (χ1v) is 6.50. The molecule has 0 spiro atoms. The van der Waals surface area contributed by atoms with Gasteiger partial charge in [-0.2, -0.15) is 0 Å². The number of hydrogen-bond donors (Lipinski definition) is 1. The van der Waals surface area contributed by atoms with Crippen LogP contribution in [-0.2, 0) is 4.74 Å². The van der Waals surface area contributed by atoms with Gasteiger partial charge in [0, 0.05) is 16.8 Å². The Kier molecular flexibility index (Phi) is 3.28. The summed E-state index contributed by atoms with van der Waals surface area (Å²) in [5, 5.41) is 1.88. The van der Waals surface area contributed by atoms with Gasteiger partial charge in [0.15, 0.2) is 0 Å². The monoisotopic (exact) mass is 257 g/mol. The molecule has 1 fully saturated rings. The molecule has 16 heavy (non-hydrogen) atoms. The van der Waals surface area contributed by atoms with E-state index in [0.29, 0.717) is 19.8 Å². The Morgan fingerprint density at radius 2 is 2.38 bits per heavy atom. The predicted octanol–water partition coefficient (Wildman–Crippen LogP) is 2.29. The number of ether oxygens (including phenoxy) is 1. The van der Waals surface area contributed by atoms with Crippen LogP contribution in [-0.4, -0.2) is 36.1 Å². The SMILES string of the molecule is CC1(C)COCCN1C(=O)c1cc(S)cs1. The number of rotatable bonds is 1. The fourth-order valence-electron chi connectivity index (χ4n) is 1.81. The van der Waals surface area contributed by atoms with E-state index in [9.17, 15) is 4.79 Å². The normalized spacial score (nSPS) is 19.8. The maximum absolute atomic E-state index is 12.3. The van der Waals surface area contributed by atoms with Gasteiger partial charge >= 0.3 is 0 Å². The van der Waals surface area contributed by atoms with E-state index in [4.69, 9.17) is 4.74 Å². The number of hydrogen-bond acceptors (Lipinski definition) is 4. The number of amides is 1. The zero-order valence-electron chi connectivity index (χ0n) is 9.40. The molecule has 0 atom stereocenters. The highest BCUT2D eigenvalue weighted by molar-refractivity contribution is 7.80. The Balaban J connectivity index is 2.20. The fraction of sp³-hybridized carbons (Fsp3) is 0.545. The largest absolute Gasteiger partial charge is 0.377 e. The van der Waals surface area contributed by atoms with E-state index in [0.717, 1.165) is 9.77 Å². The van der Waals surface area contributed by atoms with E-state index in [1.54, 1.807) is 0 Å². The molecule has 0 N–H and O–H groups in total. The van der Waals surface area contributed by atoms with Crippen LogP contribution in [0, 0.1) is 0 Å². The van der Waals surface area contributed by atoms with Gasteiger partial charge in [0.05, 0.1) is 23.6 Å². The van der Waals surface area contributed by atoms with Crippen molar-refractivity contribution in [2.75, 3.05) is 19.8 Å². The van der Waals surface area contributed by atoms with Crippen LogP contribution in [0.4, 0.5) is 0 Å². The van der Waals surface area contributed by atoms with Crippen molar-refractivity contribution in [1.82, 2.24) is 4.90 Å². The third-order valence-corrected chi connectivity index (χ3v) is 4.04. The summed E-state index contributed by atoms with van der Waals surface area (Å²) in [5.74, 6) is 0.0820. The van der Waals surface area contributed by atoms with Crippen LogP contribution < -0.4 is 0 Å². The number of carbonyl (C=O) groups is 1. The number of thiol groups is 1. The lowest BCUT2D eigenvalue weighted by Gasteiger charge is -2.41. The molecular formula is C11H15NO2S2. The Hall–Kier alpha value is -0.520. The van der Waals surface area contributed by atoms with Crippen LogP contribution in [0.15, 0.2) is 16.3 Å². The van der Waals surface area contributed by atoms with Gasteiger partial charge in [-0.1, -0.05) is 0 Å². The summed E-state index contributed by atoms with van der Waals surface area (Å²) in [4.78, 5) is 15.8. The molecule has 1 aromatic rings. The van der Waals surface area contributed by atoms with Crippen molar-refractivity contribution in [3.05, 3.63) is 16.3 Å². The second-order valence-corrected chi connectivity index (χ2v) is 5.92. The highest BCUT2D eigenvalue weighted by Gasteiger charge is 2.34. The summed E-state index contributed by atoms with van der Waals surface area (Å²) in [5.41, 5.74) is -0.226. The Bertz CT molecular complexity index is 400. The first-order chi connectivity index (χ1) is 7.50. The second kappa shape index (κ2) is 4.39. The van der Waals surface area contributed by atoms with Crippen LogP contribution in [0.25, 0.3) is 0 Å². The highest BCUT2D eigenvalue weighted by atomic mass is 32.1. The molecule has 0 radical (unpaired) electrons. The number of morpholine rings is 1. The molecule has 0 aliphatic carbocycles. The van der Waals surface area contributed by atoms with Gasteiger partial charge < -0.3 is 9.64 Å². The first-order valence-electron chi connectivity index (χ1n) is 5.18. The van der Waals surface area contributed by atoms with Crippen molar-refractivity contribution >= 4 is 29.9 Å². The molecule has 2 heterocycles. The standard InChI is InChI=1S/C11H15NO2S2/c1-11(2)7-14-4-3-12(11)10(13)9-5-8(15)6-16-9/h5-6,15H,3-4,7H2,1-2H3. The van der Waals surface area contributed by atoms with E-state index in [1.807, 2.05) is 30.2 Å². The molecule has 2 rings (SSSR count). The lowest BCUT2D eigenvalue weighted by molar-refractivity contribution is -0.0368. The van der Waals surface area contributed by atoms with Crippen LogP contribution in [0.5, 0.6) is 0 Å². The summed E-state index contributed by atoms with van der Waals surface area (Å²) in [7, 11) is 0. The zero-order valence-corrected chi connectivity index (χ0v) is 11.1. The van der Waals surface area contributed by atoms with Gasteiger partial charge in [0.2, 0.25) is 0 Å². The van der Waals surface area contributed by atoms with E-state index >= 15 is 0 Å². The van der Waals surface area contributed by atoms with Crippen molar-refractivity contribution in [2.45, 2.75) is 24.3 Å². The van der Waals surface area contributed by atoms with Crippen molar-refractivity contribution in [3.63, 3.8) is 0 Å². The molecule has 1 aliphatic heterocycles. The summed E-state index contributed by atoms with van der Waals surface area (Å²) in [6, 6.07) is 1.82. The van der Waals surface area contributed by atoms with Crippen molar-refractivity contribution in [2.24, 2.45) is 0 Å². The molecule has 0 saturated carbocycles. The highest BCUT2D eigenvalue weighted by Crippen LogP contribution is 2.25. The van der Waals surface area contributed by atoms with Crippen LogP contribution in [0.1, 0.15) is 23.5 Å². The minimum atomic E-state index is -0.226. The zero-order chi connectivity index (χ0) is 11.8. The predicted molar refractivity (Wildman–Crippen MR) is 67.5 cm³/mol. The Morgan fingerprint density at radius 3 is 2.94 bits per heavy atom. The molecular weight excluding hydrogens is 242 g/mol. The van der Waals surface area contributed by atoms with Crippen molar-refractivity contribution < 1.29 is 9.53 Å². The lowest BCUT2D eigenvalue weighted by Crippen LogP contribution is -2.55. The van der Waals surface area contributed by atoms with Gasteiger partial charge in [0.1, 0.15) is 0 Å². The molecule has 88 valence electrons. The average Bonchev–Trinajstić information content (AvgIpc) is 2.63. The molecule has 0 unspecified atom stereocenters. The number of carbonyl (C=O) groups excluding carboxylic acids is 1. The first kappa shape index (κ1) is 12.0. The summed E-state index contributed by atoms with van der Waals surface area (Å²) in [6.45, 7) is 5.93. The molecule has 5 heteroatoms. The van der Waals surface area contributed by atoms with Gasteiger partial charge in [-0.3, -0.25) is 4.79 Å². The fourth-order valence-corrected chi connectivity index (χ4v) is 2.90. The molecule has 1 aromatic heterocycles. The van der Waals surface area contributed by atoms with Crippen LogP contribution in [0.3, 0.4) is 0 Å². The molecule has 1 amide bonds. The minimum Gasteiger partial charge on any atom is -0.377 e. The van der Waals surface area contributed by atoms with Gasteiger partial charge in [-0.25, -0.2) is 0 Å². The topological polar surface area (TPSA) is 29.5 Å². The lowest BCUT2D eigenvalue weighted by atomic mass is 10.0. The molecule has 0 aromatic carbocycles. The van der Waals surface area contributed by atoms with E-state index < -0.39 is 0 Å². The molecule has 1 aliphatic rings. The summed E-state index contributed by atoms with van der Waals surface area (Å²) < 4.78 is 5.40. The van der Waals surface area contributed by atoms with E-state index in [1.165, 1.54) is 11.3 Å². The van der Waals surface area contributed by atoms with Crippen LogP contribution in [0.2, 0.25) is 0 Å². The van der Waals surface area contributed by atoms with Gasteiger partial charge in [0.25, 0.3) is 5.91 Å². The van der Waals surface area contributed by atoms with Crippen LogP contribution >= 0.6 is 24.0 Å². The number of thiophene rings is 1.